The molecule has 1 saturated heterocycles. The topological polar surface area (TPSA) is 34.2 Å². The summed E-state index contributed by atoms with van der Waals surface area (Å²) in [6, 6.07) is 11.0. The van der Waals surface area contributed by atoms with E-state index in [1.165, 1.54) is 10.9 Å². The number of fused-ring (bicyclic) bond motifs is 1. The standard InChI is InChI=1S/C13H17N3S/c14-12-6-8-15(9-7-12)17-16-10-5-11-3-1-2-4-13(11)16/h1-5,10,12H,6-9,14H2. The average molecular weight is 247 g/mol. The molecule has 17 heavy (non-hydrogen) atoms. The number of benzene rings is 1. The number of para-hydroxylation sites is 1. The second-order valence-electron chi connectivity index (χ2n) is 4.55. The van der Waals surface area contributed by atoms with Crippen LogP contribution in [0.5, 0.6) is 0 Å². The Morgan fingerprint density at radius 2 is 1.88 bits per heavy atom. The third kappa shape index (κ3) is 2.34. The quantitative estimate of drug-likeness (QED) is 0.828. The van der Waals surface area contributed by atoms with Crippen molar-refractivity contribution in [1.29, 1.82) is 0 Å². The van der Waals surface area contributed by atoms with Gasteiger partial charge in [-0.3, -0.25) is 3.97 Å². The molecule has 0 aliphatic carbocycles. The van der Waals surface area contributed by atoms with Crippen LogP contribution in [0.2, 0.25) is 0 Å². The minimum absolute atomic E-state index is 0.397. The molecule has 0 saturated carbocycles. The molecule has 0 amide bonds. The van der Waals surface area contributed by atoms with Crippen LogP contribution < -0.4 is 5.73 Å². The van der Waals surface area contributed by atoms with E-state index in [1.807, 2.05) is 0 Å². The predicted octanol–water partition coefficient (Wildman–Crippen LogP) is 2.48. The largest absolute Gasteiger partial charge is 0.328 e. The number of hydrogen-bond donors (Lipinski definition) is 1. The fraction of sp³-hybridized carbons (Fsp3) is 0.385. The van der Waals surface area contributed by atoms with Crippen molar-refractivity contribution in [1.82, 2.24) is 8.28 Å². The van der Waals surface area contributed by atoms with Gasteiger partial charge in [0.2, 0.25) is 0 Å². The first-order chi connectivity index (χ1) is 8.33. The first-order valence-electron chi connectivity index (χ1n) is 6.08. The third-order valence-corrected chi connectivity index (χ3v) is 4.36. The lowest BCUT2D eigenvalue weighted by Gasteiger charge is -2.28. The van der Waals surface area contributed by atoms with Crippen LogP contribution in [0.1, 0.15) is 12.8 Å². The van der Waals surface area contributed by atoms with Gasteiger partial charge in [0, 0.05) is 42.8 Å². The molecule has 1 aliphatic rings. The fourth-order valence-corrected chi connectivity index (χ4v) is 3.20. The maximum atomic E-state index is 5.92. The van der Waals surface area contributed by atoms with Crippen molar-refractivity contribution in [3.05, 3.63) is 36.5 Å². The Labute approximate surface area is 106 Å². The lowest BCUT2D eigenvalue weighted by Crippen LogP contribution is -2.36. The number of nitrogens with two attached hydrogens (primary N) is 1. The first kappa shape index (κ1) is 11.1. The summed E-state index contributed by atoms with van der Waals surface area (Å²) >= 11 is 1.80. The number of piperidine rings is 1. The van der Waals surface area contributed by atoms with Crippen molar-refractivity contribution < 1.29 is 0 Å². The van der Waals surface area contributed by atoms with E-state index < -0.39 is 0 Å². The van der Waals surface area contributed by atoms with E-state index in [0.717, 1.165) is 25.9 Å². The van der Waals surface area contributed by atoms with Gasteiger partial charge in [-0.25, -0.2) is 4.31 Å². The lowest BCUT2D eigenvalue weighted by atomic mass is 10.1. The molecule has 2 N–H and O–H groups in total. The van der Waals surface area contributed by atoms with Gasteiger partial charge >= 0.3 is 0 Å². The van der Waals surface area contributed by atoms with Gasteiger partial charge in [-0.05, 0) is 25.0 Å². The molecule has 0 radical (unpaired) electrons. The van der Waals surface area contributed by atoms with E-state index in [4.69, 9.17) is 5.73 Å². The van der Waals surface area contributed by atoms with Crippen LogP contribution in [0.4, 0.5) is 0 Å². The van der Waals surface area contributed by atoms with Gasteiger partial charge in [0.1, 0.15) is 0 Å². The van der Waals surface area contributed by atoms with Crippen LogP contribution in [0.15, 0.2) is 36.5 Å². The third-order valence-electron chi connectivity index (χ3n) is 3.27. The van der Waals surface area contributed by atoms with Crippen LogP contribution in [0.25, 0.3) is 10.9 Å². The van der Waals surface area contributed by atoms with E-state index in [0.29, 0.717) is 6.04 Å². The lowest BCUT2D eigenvalue weighted by molar-refractivity contribution is 0.345. The highest BCUT2D eigenvalue weighted by molar-refractivity contribution is 7.95. The molecule has 2 heterocycles. The summed E-state index contributed by atoms with van der Waals surface area (Å²) in [5.74, 6) is 0. The molecule has 3 nitrogen and oxygen atoms in total. The van der Waals surface area contributed by atoms with E-state index in [1.54, 1.807) is 12.1 Å². The van der Waals surface area contributed by atoms with Crippen LogP contribution in [0.3, 0.4) is 0 Å². The maximum absolute atomic E-state index is 5.92. The van der Waals surface area contributed by atoms with Crippen LogP contribution in [0, 0.1) is 0 Å². The average Bonchev–Trinajstić information content (AvgIpc) is 2.76. The smallest absolute Gasteiger partial charge is 0.0603 e. The Bertz CT molecular complexity index is 500. The summed E-state index contributed by atoms with van der Waals surface area (Å²) in [7, 11) is 0. The molecule has 1 aromatic carbocycles. The zero-order valence-corrected chi connectivity index (χ0v) is 10.6. The van der Waals surface area contributed by atoms with E-state index >= 15 is 0 Å². The van der Waals surface area contributed by atoms with Crippen molar-refractivity contribution in [2.75, 3.05) is 13.1 Å². The van der Waals surface area contributed by atoms with Gasteiger partial charge in [-0.2, -0.15) is 0 Å². The molecule has 2 aromatic rings. The van der Waals surface area contributed by atoms with Gasteiger partial charge in [-0.1, -0.05) is 18.2 Å². The molecule has 4 heteroatoms. The molecule has 1 fully saturated rings. The Morgan fingerprint density at radius 3 is 2.71 bits per heavy atom. The highest BCUT2D eigenvalue weighted by Gasteiger charge is 2.17. The molecule has 0 unspecified atom stereocenters. The van der Waals surface area contributed by atoms with E-state index in [2.05, 4.69) is 44.8 Å². The van der Waals surface area contributed by atoms with Gasteiger partial charge in [0.05, 0.1) is 5.52 Å². The Kier molecular flexibility index (Phi) is 3.09. The van der Waals surface area contributed by atoms with Gasteiger partial charge in [-0.15, -0.1) is 0 Å². The molecule has 3 rings (SSSR count). The van der Waals surface area contributed by atoms with E-state index in [-0.39, 0.29) is 0 Å². The summed E-state index contributed by atoms with van der Waals surface area (Å²) < 4.78 is 4.64. The molecule has 1 aliphatic heterocycles. The van der Waals surface area contributed by atoms with Crippen molar-refractivity contribution in [2.45, 2.75) is 18.9 Å². The highest BCUT2D eigenvalue weighted by Crippen LogP contribution is 2.25. The second-order valence-corrected chi connectivity index (χ2v) is 5.62. The Morgan fingerprint density at radius 1 is 1.12 bits per heavy atom. The highest BCUT2D eigenvalue weighted by atomic mass is 32.2. The zero-order chi connectivity index (χ0) is 11.7. The van der Waals surface area contributed by atoms with Crippen LogP contribution >= 0.6 is 12.1 Å². The molecule has 90 valence electrons. The van der Waals surface area contributed by atoms with Gasteiger partial charge in [0.15, 0.2) is 0 Å². The molecule has 0 atom stereocenters. The van der Waals surface area contributed by atoms with Crippen molar-refractivity contribution >= 4 is 23.0 Å². The molecular formula is C13H17N3S. The number of aromatic nitrogens is 1. The summed E-state index contributed by atoms with van der Waals surface area (Å²) in [6.07, 6.45) is 4.35. The van der Waals surface area contributed by atoms with Crippen molar-refractivity contribution in [3.63, 3.8) is 0 Å². The SMILES string of the molecule is NC1CCN(Sn2ccc3ccccc32)CC1. The minimum atomic E-state index is 0.397. The fourth-order valence-electron chi connectivity index (χ4n) is 2.21. The normalized spacial score (nSPS) is 18.9. The number of nitrogens with zero attached hydrogens (tertiary/aromatic N) is 2. The molecule has 0 spiro atoms. The summed E-state index contributed by atoms with van der Waals surface area (Å²) in [6.45, 7) is 2.16. The molecular weight excluding hydrogens is 230 g/mol. The van der Waals surface area contributed by atoms with Crippen molar-refractivity contribution in [3.8, 4) is 0 Å². The molecule has 0 bridgehead atoms. The van der Waals surface area contributed by atoms with E-state index in [9.17, 15) is 0 Å². The Hall–Kier alpha value is -0.970. The minimum Gasteiger partial charge on any atom is -0.328 e. The second kappa shape index (κ2) is 4.72. The summed E-state index contributed by atoms with van der Waals surface area (Å²) in [5.41, 5.74) is 7.20. The predicted molar refractivity (Wildman–Crippen MR) is 73.7 cm³/mol. The number of rotatable bonds is 2. The monoisotopic (exact) mass is 247 g/mol. The van der Waals surface area contributed by atoms with Crippen molar-refractivity contribution in [2.24, 2.45) is 5.73 Å². The maximum Gasteiger partial charge on any atom is 0.0603 e. The first-order valence-corrected chi connectivity index (χ1v) is 6.81. The summed E-state index contributed by atoms with van der Waals surface area (Å²) in [5, 5.41) is 1.30. The van der Waals surface area contributed by atoms with Crippen LogP contribution in [-0.2, 0) is 0 Å². The zero-order valence-electron chi connectivity index (χ0n) is 9.75. The summed E-state index contributed by atoms with van der Waals surface area (Å²) in [4.78, 5) is 0. The number of hydrogen-bond acceptors (Lipinski definition) is 3. The van der Waals surface area contributed by atoms with Gasteiger partial charge < -0.3 is 5.73 Å². The van der Waals surface area contributed by atoms with Gasteiger partial charge in [0.25, 0.3) is 0 Å². The Balaban J connectivity index is 1.76. The molecule has 1 aromatic heterocycles. The van der Waals surface area contributed by atoms with Crippen LogP contribution in [-0.4, -0.2) is 27.4 Å².